The van der Waals surface area contributed by atoms with Gasteiger partial charge in [-0.15, -0.1) is 5.92 Å². The van der Waals surface area contributed by atoms with Gasteiger partial charge < -0.3 is 9.47 Å². The molecule has 0 aliphatic heterocycles. The van der Waals surface area contributed by atoms with Crippen molar-refractivity contribution >= 4 is 16.1 Å². The van der Waals surface area contributed by atoms with Crippen LogP contribution in [0.15, 0.2) is 29.2 Å². The summed E-state index contributed by atoms with van der Waals surface area (Å²) < 4.78 is 36.8. The van der Waals surface area contributed by atoms with Crippen LogP contribution in [-0.4, -0.2) is 27.2 Å². The van der Waals surface area contributed by atoms with Gasteiger partial charge in [-0.1, -0.05) is 12.3 Å². The molecule has 0 aromatic heterocycles. The minimum absolute atomic E-state index is 0.0305. The summed E-state index contributed by atoms with van der Waals surface area (Å²) in [5, 5.41) is 0. The van der Waals surface area contributed by atoms with Gasteiger partial charge in [-0.3, -0.25) is 0 Å². The van der Waals surface area contributed by atoms with E-state index in [2.05, 4.69) is 11.8 Å². The Kier molecular flexibility index (Phi) is 6.50. The van der Waals surface area contributed by atoms with E-state index in [9.17, 15) is 13.2 Å². The van der Waals surface area contributed by atoms with E-state index in [1.165, 1.54) is 24.3 Å². The highest BCUT2D eigenvalue weighted by molar-refractivity contribution is 7.90. The maximum Gasteiger partial charge on any atom is 0.421 e. The summed E-state index contributed by atoms with van der Waals surface area (Å²) in [7, 11) is -3.96. The molecule has 0 radical (unpaired) electrons. The molecule has 1 aliphatic rings. The number of sulfonamides is 1. The Labute approximate surface area is 142 Å². The summed E-state index contributed by atoms with van der Waals surface area (Å²) in [6, 6.07) is 5.76. The van der Waals surface area contributed by atoms with Crippen molar-refractivity contribution in [1.29, 1.82) is 0 Å². The van der Waals surface area contributed by atoms with Crippen molar-refractivity contribution < 1.29 is 22.7 Å². The summed E-state index contributed by atoms with van der Waals surface area (Å²) in [6.07, 6.45) is 3.53. The SMILES string of the molecule is CC#CCOc1ccc(S(=O)(=O)NC(=O)OC2CCCCC2)cc1. The van der Waals surface area contributed by atoms with Crippen LogP contribution in [0.2, 0.25) is 0 Å². The van der Waals surface area contributed by atoms with Crippen LogP contribution in [0.1, 0.15) is 39.0 Å². The number of nitrogens with one attached hydrogen (secondary N) is 1. The van der Waals surface area contributed by atoms with Crippen molar-refractivity contribution in [3.63, 3.8) is 0 Å². The predicted octanol–water partition coefficient (Wildman–Crippen LogP) is 2.84. The third-order valence-corrected chi connectivity index (χ3v) is 4.99. The average Bonchev–Trinajstić information content (AvgIpc) is 2.56. The van der Waals surface area contributed by atoms with E-state index in [4.69, 9.17) is 9.47 Å². The highest BCUT2D eigenvalue weighted by Crippen LogP contribution is 2.21. The Morgan fingerprint density at radius 3 is 2.50 bits per heavy atom. The van der Waals surface area contributed by atoms with Gasteiger partial charge >= 0.3 is 6.09 Å². The second-order valence-electron chi connectivity index (χ2n) is 5.46. The monoisotopic (exact) mass is 351 g/mol. The number of hydrogen-bond acceptors (Lipinski definition) is 5. The van der Waals surface area contributed by atoms with Gasteiger partial charge in [-0.2, -0.15) is 0 Å². The third kappa shape index (κ3) is 5.46. The van der Waals surface area contributed by atoms with Gasteiger partial charge in [0.05, 0.1) is 4.90 Å². The molecule has 24 heavy (non-hydrogen) atoms. The first kappa shape index (κ1) is 18.1. The van der Waals surface area contributed by atoms with Crippen LogP contribution in [-0.2, 0) is 14.8 Å². The first-order chi connectivity index (χ1) is 11.5. The highest BCUT2D eigenvalue weighted by atomic mass is 32.2. The molecule has 0 atom stereocenters. The summed E-state index contributed by atoms with van der Waals surface area (Å²) in [6.45, 7) is 1.94. The number of amides is 1. The zero-order chi connectivity index (χ0) is 17.4. The lowest BCUT2D eigenvalue weighted by molar-refractivity contribution is 0.0798. The lowest BCUT2D eigenvalue weighted by atomic mass is 9.98. The first-order valence-electron chi connectivity index (χ1n) is 7.87. The van der Waals surface area contributed by atoms with Crippen LogP contribution in [0.3, 0.4) is 0 Å². The summed E-state index contributed by atoms with van der Waals surface area (Å²) in [4.78, 5) is 11.8. The molecule has 1 amide bonds. The van der Waals surface area contributed by atoms with Crippen molar-refractivity contribution in [1.82, 2.24) is 4.72 Å². The molecule has 130 valence electrons. The molecule has 1 aliphatic carbocycles. The van der Waals surface area contributed by atoms with Crippen LogP contribution >= 0.6 is 0 Å². The lowest BCUT2D eigenvalue weighted by Gasteiger charge is -2.21. The average molecular weight is 351 g/mol. The molecule has 6 nitrogen and oxygen atoms in total. The summed E-state index contributed by atoms with van der Waals surface area (Å²) >= 11 is 0. The molecule has 1 N–H and O–H groups in total. The van der Waals surface area contributed by atoms with Crippen LogP contribution < -0.4 is 9.46 Å². The molecule has 2 rings (SSSR count). The highest BCUT2D eigenvalue weighted by Gasteiger charge is 2.22. The van der Waals surface area contributed by atoms with Crippen molar-refractivity contribution in [3.05, 3.63) is 24.3 Å². The van der Waals surface area contributed by atoms with Gasteiger partial charge in [0.2, 0.25) is 0 Å². The van der Waals surface area contributed by atoms with Crippen molar-refractivity contribution in [2.24, 2.45) is 0 Å². The molecule has 0 saturated heterocycles. The molecule has 1 fully saturated rings. The first-order valence-corrected chi connectivity index (χ1v) is 9.35. The van der Waals surface area contributed by atoms with Crippen LogP contribution in [0.5, 0.6) is 5.75 Å². The fourth-order valence-electron chi connectivity index (χ4n) is 2.43. The van der Waals surface area contributed by atoms with Crippen LogP contribution in [0.25, 0.3) is 0 Å². The van der Waals surface area contributed by atoms with E-state index in [-0.39, 0.29) is 17.6 Å². The number of hydrogen-bond donors (Lipinski definition) is 1. The number of ether oxygens (including phenoxy) is 2. The zero-order valence-electron chi connectivity index (χ0n) is 13.6. The minimum atomic E-state index is -3.96. The molecular formula is C17H21NO5S. The van der Waals surface area contributed by atoms with E-state index in [1.54, 1.807) is 6.92 Å². The third-order valence-electron chi connectivity index (χ3n) is 3.67. The topological polar surface area (TPSA) is 81.7 Å². The Hall–Kier alpha value is -2.20. The fourth-order valence-corrected chi connectivity index (χ4v) is 3.31. The molecule has 1 aromatic rings. The van der Waals surface area contributed by atoms with Crippen molar-refractivity contribution in [2.45, 2.75) is 50.0 Å². The number of rotatable bonds is 5. The van der Waals surface area contributed by atoms with Crippen molar-refractivity contribution in [2.75, 3.05) is 6.61 Å². The van der Waals surface area contributed by atoms with E-state index in [0.29, 0.717) is 5.75 Å². The Morgan fingerprint density at radius 1 is 1.21 bits per heavy atom. The molecule has 7 heteroatoms. The second-order valence-corrected chi connectivity index (χ2v) is 7.14. The summed E-state index contributed by atoms with van der Waals surface area (Å²) in [5.41, 5.74) is 0. The molecular weight excluding hydrogens is 330 g/mol. The van der Waals surface area contributed by atoms with E-state index >= 15 is 0 Å². The molecule has 0 spiro atoms. The smallest absolute Gasteiger partial charge is 0.421 e. The number of carbonyl (C=O) groups is 1. The molecule has 1 saturated carbocycles. The van der Waals surface area contributed by atoms with Gasteiger partial charge in [0.15, 0.2) is 0 Å². The van der Waals surface area contributed by atoms with Gasteiger partial charge in [0.25, 0.3) is 10.0 Å². The van der Waals surface area contributed by atoms with Crippen LogP contribution in [0, 0.1) is 11.8 Å². The van der Waals surface area contributed by atoms with Crippen LogP contribution in [0.4, 0.5) is 4.79 Å². The Bertz CT molecular complexity index is 710. The van der Waals surface area contributed by atoms with Gasteiger partial charge in [-0.05, 0) is 56.9 Å². The number of benzene rings is 1. The van der Waals surface area contributed by atoms with Gasteiger partial charge in [0, 0.05) is 0 Å². The largest absolute Gasteiger partial charge is 0.481 e. The minimum Gasteiger partial charge on any atom is -0.481 e. The predicted molar refractivity (Wildman–Crippen MR) is 89.1 cm³/mol. The lowest BCUT2D eigenvalue weighted by Crippen LogP contribution is -2.34. The number of carbonyl (C=O) groups excluding carboxylic acids is 1. The Morgan fingerprint density at radius 2 is 1.88 bits per heavy atom. The molecule has 0 unspecified atom stereocenters. The normalized spacial score (nSPS) is 15.0. The Balaban J connectivity index is 1.93. The van der Waals surface area contributed by atoms with E-state index in [1.807, 2.05) is 4.72 Å². The standard InChI is InChI=1S/C17H21NO5S/c1-2-3-13-22-14-9-11-16(12-10-14)24(20,21)18-17(19)23-15-7-5-4-6-8-15/h9-12,15H,4-8,13H2,1H3,(H,18,19). The van der Waals surface area contributed by atoms with Gasteiger partial charge in [-0.25, -0.2) is 17.9 Å². The zero-order valence-corrected chi connectivity index (χ0v) is 14.4. The quantitative estimate of drug-likeness (QED) is 0.825. The van der Waals surface area contributed by atoms with E-state index in [0.717, 1.165) is 32.1 Å². The maximum absolute atomic E-state index is 12.2. The molecule has 0 bridgehead atoms. The maximum atomic E-state index is 12.2. The summed E-state index contributed by atoms with van der Waals surface area (Å²) in [5.74, 6) is 5.94. The molecule has 0 heterocycles. The van der Waals surface area contributed by atoms with Gasteiger partial charge in [0.1, 0.15) is 18.5 Å². The van der Waals surface area contributed by atoms with Crippen molar-refractivity contribution in [3.8, 4) is 17.6 Å². The molecule has 1 aromatic carbocycles. The second kappa shape index (κ2) is 8.60. The fraction of sp³-hybridized carbons (Fsp3) is 0.471. The van der Waals surface area contributed by atoms with E-state index < -0.39 is 16.1 Å².